The molecule has 1 aliphatic heterocycles. The van der Waals surface area contributed by atoms with Gasteiger partial charge in [-0.25, -0.2) is 13.8 Å². The van der Waals surface area contributed by atoms with Crippen molar-refractivity contribution >= 4 is 22.8 Å². The van der Waals surface area contributed by atoms with Crippen molar-refractivity contribution in [2.24, 2.45) is 17.8 Å². The number of para-hydroxylation sites is 2. The molecule has 4 saturated carbocycles. The molecule has 3 heterocycles. The van der Waals surface area contributed by atoms with Crippen molar-refractivity contribution in [3.05, 3.63) is 36.2 Å². The molecule has 36 heavy (non-hydrogen) atoms. The highest BCUT2D eigenvalue weighted by Gasteiger charge is 2.54. The predicted octanol–water partition coefficient (Wildman–Crippen LogP) is 3.94. The summed E-state index contributed by atoms with van der Waals surface area (Å²) >= 11 is 0. The SMILES string of the molecule is O[C@]12CC3C[C@H](C1)[C@@H](Nc1cc(-n4c(C(F)F)nc5ccccc54)nc(N4CCOCC4)n1)[C@@H](C3)C2. The van der Waals surface area contributed by atoms with Gasteiger partial charge in [0.1, 0.15) is 11.6 Å². The number of aromatic nitrogens is 4. The third-order valence-electron chi connectivity index (χ3n) is 8.56. The van der Waals surface area contributed by atoms with E-state index in [1.165, 1.54) is 4.57 Å². The van der Waals surface area contributed by atoms with E-state index in [1.807, 2.05) is 11.0 Å². The Bertz CT molecular complexity index is 1280. The second-order valence-corrected chi connectivity index (χ2v) is 11.0. The number of anilines is 2. The third kappa shape index (κ3) is 3.73. The average Bonchev–Trinajstić information content (AvgIpc) is 3.26. The molecule has 0 radical (unpaired) electrons. The van der Waals surface area contributed by atoms with Crippen LogP contribution in [0, 0.1) is 17.8 Å². The first-order chi connectivity index (χ1) is 17.5. The fourth-order valence-corrected chi connectivity index (χ4v) is 7.33. The Morgan fingerprint density at radius 2 is 1.78 bits per heavy atom. The molecular formula is C26H30F2N6O2. The maximum atomic E-state index is 14.1. The van der Waals surface area contributed by atoms with E-state index in [9.17, 15) is 13.9 Å². The summed E-state index contributed by atoms with van der Waals surface area (Å²) in [5.74, 6) is 2.55. The molecule has 1 unspecified atom stereocenters. The van der Waals surface area contributed by atoms with E-state index in [4.69, 9.17) is 14.7 Å². The maximum Gasteiger partial charge on any atom is 0.296 e. The van der Waals surface area contributed by atoms with Gasteiger partial charge in [0.15, 0.2) is 5.82 Å². The van der Waals surface area contributed by atoms with Crippen LogP contribution < -0.4 is 10.2 Å². The number of halogens is 2. The topological polar surface area (TPSA) is 88.3 Å². The zero-order chi connectivity index (χ0) is 24.4. The predicted molar refractivity (Wildman–Crippen MR) is 131 cm³/mol. The average molecular weight is 497 g/mol. The highest BCUT2D eigenvalue weighted by atomic mass is 19.3. The van der Waals surface area contributed by atoms with Crippen LogP contribution in [0.2, 0.25) is 0 Å². The zero-order valence-electron chi connectivity index (χ0n) is 20.0. The number of nitrogens with one attached hydrogen (secondary N) is 1. The molecule has 8 nitrogen and oxygen atoms in total. The standard InChI is InChI=1S/C26H30F2N6O2/c27-23(28)24-29-18-3-1-2-4-19(18)34(24)21-11-20(31-25(32-21)33-5-7-36-8-6-33)30-22-16-9-15-10-17(22)14-26(35,12-15)13-16/h1-4,11,15-17,22-23,35H,5-10,12-14H2,(H,30,31,32)/t15?,16-,17+,22-,26-. The fourth-order valence-electron chi connectivity index (χ4n) is 7.33. The maximum absolute atomic E-state index is 14.1. The monoisotopic (exact) mass is 496 g/mol. The number of nitrogens with zero attached hydrogens (tertiary/aromatic N) is 5. The number of fused-ring (bicyclic) bond motifs is 1. The van der Waals surface area contributed by atoms with Crippen molar-refractivity contribution in [1.82, 2.24) is 19.5 Å². The number of morpholine rings is 1. The van der Waals surface area contributed by atoms with Crippen molar-refractivity contribution in [3.63, 3.8) is 0 Å². The van der Waals surface area contributed by atoms with Crippen LogP contribution in [0.1, 0.15) is 44.4 Å². The van der Waals surface area contributed by atoms with Gasteiger partial charge in [0.2, 0.25) is 5.95 Å². The highest BCUT2D eigenvalue weighted by Crippen LogP contribution is 2.56. The normalized spacial score (nSPS) is 31.5. The summed E-state index contributed by atoms with van der Waals surface area (Å²) in [6.45, 7) is 2.41. The fraction of sp³-hybridized carbons (Fsp3) is 0.577. The van der Waals surface area contributed by atoms with Crippen molar-refractivity contribution in [2.45, 2.75) is 50.2 Å². The lowest BCUT2D eigenvalue weighted by molar-refractivity contribution is -0.129. The van der Waals surface area contributed by atoms with E-state index in [0.29, 0.717) is 72.7 Å². The minimum absolute atomic E-state index is 0.205. The summed E-state index contributed by atoms with van der Waals surface area (Å²) in [5.41, 5.74) is 0.567. The molecule has 5 fully saturated rings. The number of hydrogen-bond acceptors (Lipinski definition) is 7. The Balaban J connectivity index is 1.31. The number of hydrogen-bond donors (Lipinski definition) is 2. The van der Waals surface area contributed by atoms with Crippen LogP contribution in [-0.4, -0.2) is 62.6 Å². The Morgan fingerprint density at radius 1 is 1.03 bits per heavy atom. The number of aliphatic hydroxyl groups is 1. The smallest absolute Gasteiger partial charge is 0.296 e. The van der Waals surface area contributed by atoms with Crippen LogP contribution in [0.15, 0.2) is 30.3 Å². The van der Waals surface area contributed by atoms with Gasteiger partial charge in [0.05, 0.1) is 29.8 Å². The first-order valence-electron chi connectivity index (χ1n) is 12.9. The van der Waals surface area contributed by atoms with Gasteiger partial charge >= 0.3 is 0 Å². The van der Waals surface area contributed by atoms with E-state index in [1.54, 1.807) is 24.3 Å². The van der Waals surface area contributed by atoms with Gasteiger partial charge in [-0.2, -0.15) is 9.97 Å². The van der Waals surface area contributed by atoms with Gasteiger partial charge in [-0.1, -0.05) is 12.1 Å². The molecule has 190 valence electrons. The van der Waals surface area contributed by atoms with E-state index >= 15 is 0 Å². The summed E-state index contributed by atoms with van der Waals surface area (Å²) in [4.78, 5) is 15.9. The second-order valence-electron chi connectivity index (χ2n) is 11.0. The van der Waals surface area contributed by atoms with Crippen molar-refractivity contribution < 1.29 is 18.6 Å². The molecule has 3 aromatic rings. The van der Waals surface area contributed by atoms with Crippen LogP contribution in [0.3, 0.4) is 0 Å². The molecule has 0 spiro atoms. The molecule has 5 atom stereocenters. The van der Waals surface area contributed by atoms with Gasteiger partial charge < -0.3 is 20.1 Å². The zero-order valence-corrected chi connectivity index (χ0v) is 20.0. The lowest BCUT2D eigenvalue weighted by atomic mass is 9.52. The number of rotatable bonds is 5. The third-order valence-corrected chi connectivity index (χ3v) is 8.56. The van der Waals surface area contributed by atoms with Crippen molar-refractivity contribution in [1.29, 1.82) is 0 Å². The first kappa shape index (κ1) is 22.4. The molecule has 8 rings (SSSR count). The molecule has 10 heteroatoms. The Morgan fingerprint density at radius 3 is 2.50 bits per heavy atom. The Kier molecular flexibility index (Phi) is 5.18. The molecule has 2 aromatic heterocycles. The van der Waals surface area contributed by atoms with Crippen LogP contribution >= 0.6 is 0 Å². The largest absolute Gasteiger partial charge is 0.390 e. The van der Waals surface area contributed by atoms with Gasteiger partial charge in [-0.05, 0) is 62.0 Å². The Hall–Kier alpha value is -2.85. The van der Waals surface area contributed by atoms with Crippen LogP contribution in [0.25, 0.3) is 16.9 Å². The summed E-state index contributed by atoms with van der Waals surface area (Å²) in [5, 5.41) is 14.7. The Labute approximate surface area is 207 Å². The summed E-state index contributed by atoms with van der Waals surface area (Å²) in [6, 6.07) is 9.11. The summed E-state index contributed by atoms with van der Waals surface area (Å²) < 4.78 is 35.2. The number of alkyl halides is 2. The number of ether oxygens (including phenoxy) is 1. The number of imidazole rings is 1. The molecular weight excluding hydrogens is 466 g/mol. The van der Waals surface area contributed by atoms with Gasteiger partial charge in [-0.15, -0.1) is 0 Å². The van der Waals surface area contributed by atoms with Gasteiger partial charge in [0, 0.05) is 25.2 Å². The molecule has 5 aliphatic rings. The summed E-state index contributed by atoms with van der Waals surface area (Å²) in [6.07, 6.45) is 2.04. The second kappa shape index (κ2) is 8.34. The van der Waals surface area contributed by atoms with Crippen molar-refractivity contribution in [3.8, 4) is 5.82 Å². The molecule has 4 bridgehead atoms. The molecule has 0 amide bonds. The minimum atomic E-state index is -2.75. The van der Waals surface area contributed by atoms with Crippen LogP contribution in [-0.2, 0) is 4.74 Å². The van der Waals surface area contributed by atoms with E-state index in [0.717, 1.165) is 32.1 Å². The number of benzene rings is 1. The van der Waals surface area contributed by atoms with Crippen LogP contribution in [0.5, 0.6) is 0 Å². The van der Waals surface area contributed by atoms with E-state index < -0.39 is 12.0 Å². The highest BCUT2D eigenvalue weighted by molar-refractivity contribution is 5.78. The van der Waals surface area contributed by atoms with E-state index in [-0.39, 0.29) is 11.9 Å². The molecule has 1 aromatic carbocycles. The molecule has 1 saturated heterocycles. The lowest BCUT2D eigenvalue weighted by Gasteiger charge is -2.58. The lowest BCUT2D eigenvalue weighted by Crippen LogP contribution is -2.59. The minimum Gasteiger partial charge on any atom is -0.390 e. The van der Waals surface area contributed by atoms with Crippen LogP contribution in [0.4, 0.5) is 20.5 Å². The summed E-state index contributed by atoms with van der Waals surface area (Å²) in [7, 11) is 0. The first-order valence-corrected chi connectivity index (χ1v) is 12.9. The van der Waals surface area contributed by atoms with Crippen molar-refractivity contribution in [2.75, 3.05) is 36.5 Å². The van der Waals surface area contributed by atoms with E-state index in [2.05, 4.69) is 10.3 Å². The molecule has 4 aliphatic carbocycles. The molecule has 2 N–H and O–H groups in total. The van der Waals surface area contributed by atoms with Gasteiger partial charge in [0.25, 0.3) is 6.43 Å². The quantitative estimate of drug-likeness (QED) is 0.553. The van der Waals surface area contributed by atoms with Gasteiger partial charge in [-0.3, -0.25) is 4.57 Å².